The van der Waals surface area contributed by atoms with Gasteiger partial charge in [-0.2, -0.15) is 5.26 Å². The Labute approximate surface area is 101 Å². The predicted molar refractivity (Wildman–Crippen MR) is 63.6 cm³/mol. The van der Waals surface area contributed by atoms with Crippen molar-refractivity contribution in [1.29, 1.82) is 5.26 Å². The lowest BCUT2D eigenvalue weighted by molar-refractivity contribution is -0.150. The van der Waals surface area contributed by atoms with Gasteiger partial charge < -0.3 is 10.5 Å². The van der Waals surface area contributed by atoms with E-state index in [1.165, 1.54) is 0 Å². The number of hydrogen-bond donors (Lipinski definition) is 1. The maximum absolute atomic E-state index is 11.7. The molecule has 4 nitrogen and oxygen atoms in total. The van der Waals surface area contributed by atoms with Crippen molar-refractivity contribution in [2.75, 3.05) is 0 Å². The Kier molecular flexibility index (Phi) is 4.24. The first kappa shape index (κ1) is 13.2. The van der Waals surface area contributed by atoms with E-state index in [0.717, 1.165) is 5.56 Å². The highest BCUT2D eigenvalue weighted by atomic mass is 16.5. The van der Waals surface area contributed by atoms with Crippen LogP contribution in [0.5, 0.6) is 0 Å². The number of nitriles is 1. The summed E-state index contributed by atoms with van der Waals surface area (Å²) >= 11 is 0. The Morgan fingerprint density at radius 2 is 2.06 bits per heavy atom. The van der Waals surface area contributed by atoms with Crippen molar-refractivity contribution in [1.82, 2.24) is 0 Å². The Hall–Kier alpha value is -1.86. The van der Waals surface area contributed by atoms with Crippen LogP contribution < -0.4 is 5.73 Å². The third kappa shape index (κ3) is 3.05. The highest BCUT2D eigenvalue weighted by molar-refractivity contribution is 5.84. The molecule has 0 amide bonds. The average Bonchev–Trinajstić information content (AvgIpc) is 2.35. The van der Waals surface area contributed by atoms with E-state index >= 15 is 0 Å². The molecule has 0 aliphatic heterocycles. The molecule has 0 aliphatic rings. The second-order valence-electron chi connectivity index (χ2n) is 4.20. The molecule has 1 aromatic rings. The number of benzene rings is 1. The van der Waals surface area contributed by atoms with Gasteiger partial charge in [0.25, 0.3) is 0 Å². The van der Waals surface area contributed by atoms with Gasteiger partial charge in [-0.3, -0.25) is 0 Å². The number of esters is 1. The van der Waals surface area contributed by atoms with E-state index in [0.29, 0.717) is 0 Å². The van der Waals surface area contributed by atoms with Crippen LogP contribution >= 0.6 is 0 Å². The number of ether oxygens (including phenoxy) is 1. The van der Waals surface area contributed by atoms with E-state index in [2.05, 4.69) is 0 Å². The van der Waals surface area contributed by atoms with Crippen molar-refractivity contribution in [2.45, 2.75) is 26.0 Å². The van der Waals surface area contributed by atoms with Crippen LogP contribution in [0.3, 0.4) is 0 Å². The Bertz CT molecular complexity index is 423. The van der Waals surface area contributed by atoms with Crippen LogP contribution in [0, 0.1) is 17.2 Å². The van der Waals surface area contributed by atoms with Crippen molar-refractivity contribution in [3.63, 3.8) is 0 Å². The summed E-state index contributed by atoms with van der Waals surface area (Å²) in [5, 5.41) is 8.95. The van der Waals surface area contributed by atoms with Gasteiger partial charge in [0.05, 0.1) is 6.07 Å². The summed E-state index contributed by atoms with van der Waals surface area (Å²) in [4.78, 5) is 11.7. The summed E-state index contributed by atoms with van der Waals surface area (Å²) < 4.78 is 5.06. The zero-order chi connectivity index (χ0) is 12.9. The van der Waals surface area contributed by atoms with Gasteiger partial charge in [0.2, 0.25) is 5.54 Å². The van der Waals surface area contributed by atoms with Crippen LogP contribution in [0.1, 0.15) is 19.4 Å². The monoisotopic (exact) mass is 232 g/mol. The zero-order valence-corrected chi connectivity index (χ0v) is 10.0. The molecule has 0 unspecified atom stereocenters. The molecule has 17 heavy (non-hydrogen) atoms. The molecule has 1 atom stereocenters. The van der Waals surface area contributed by atoms with Crippen LogP contribution in [-0.4, -0.2) is 11.5 Å². The van der Waals surface area contributed by atoms with Crippen LogP contribution in [-0.2, 0) is 16.1 Å². The molecule has 0 heterocycles. The molecule has 0 aliphatic carbocycles. The fraction of sp³-hybridized carbons (Fsp3) is 0.385. The largest absolute Gasteiger partial charge is 0.459 e. The predicted octanol–water partition coefficient (Wildman–Crippen LogP) is 1.61. The van der Waals surface area contributed by atoms with E-state index in [9.17, 15) is 4.79 Å². The van der Waals surface area contributed by atoms with Gasteiger partial charge in [-0.25, -0.2) is 4.79 Å². The van der Waals surface area contributed by atoms with E-state index in [-0.39, 0.29) is 12.5 Å². The zero-order valence-electron chi connectivity index (χ0n) is 10.0. The number of hydrogen-bond acceptors (Lipinski definition) is 4. The minimum atomic E-state index is -1.57. The molecule has 1 aromatic carbocycles. The molecular weight excluding hydrogens is 216 g/mol. The Balaban J connectivity index is 2.65. The standard InChI is InChI=1S/C13H16N2O2/c1-10(2)13(15,9-14)12(16)17-8-11-6-4-3-5-7-11/h3-7,10H,8,15H2,1-2H3/t13-/m1/s1. The summed E-state index contributed by atoms with van der Waals surface area (Å²) in [5.74, 6) is -0.977. The number of nitrogens with two attached hydrogens (primary N) is 1. The van der Waals surface area contributed by atoms with E-state index in [1.54, 1.807) is 13.8 Å². The van der Waals surface area contributed by atoms with E-state index < -0.39 is 11.5 Å². The molecule has 0 saturated carbocycles. The summed E-state index contributed by atoms with van der Waals surface area (Å²) in [5.41, 5.74) is 5.00. The van der Waals surface area contributed by atoms with E-state index in [1.807, 2.05) is 36.4 Å². The molecule has 4 heteroatoms. The molecule has 0 spiro atoms. The summed E-state index contributed by atoms with van der Waals surface area (Å²) in [6.45, 7) is 3.56. The summed E-state index contributed by atoms with van der Waals surface area (Å²) in [7, 11) is 0. The Morgan fingerprint density at radius 3 is 2.53 bits per heavy atom. The first-order valence-electron chi connectivity index (χ1n) is 5.42. The van der Waals surface area contributed by atoms with Crippen molar-refractivity contribution in [2.24, 2.45) is 11.7 Å². The molecule has 90 valence electrons. The highest BCUT2D eigenvalue weighted by Gasteiger charge is 2.39. The van der Waals surface area contributed by atoms with Gasteiger partial charge in [0, 0.05) is 0 Å². The molecule has 0 saturated heterocycles. The third-order valence-electron chi connectivity index (χ3n) is 2.65. The normalized spacial score (nSPS) is 13.8. The van der Waals surface area contributed by atoms with Crippen LogP contribution in [0.4, 0.5) is 0 Å². The molecular formula is C13H16N2O2. The second-order valence-corrected chi connectivity index (χ2v) is 4.20. The topological polar surface area (TPSA) is 76.1 Å². The number of carbonyl (C=O) groups excluding carboxylic acids is 1. The molecule has 2 N–H and O–H groups in total. The van der Waals surface area contributed by atoms with Gasteiger partial charge in [-0.1, -0.05) is 44.2 Å². The van der Waals surface area contributed by atoms with Crippen LogP contribution in [0.25, 0.3) is 0 Å². The fourth-order valence-corrected chi connectivity index (χ4v) is 1.25. The minimum absolute atomic E-state index is 0.132. The van der Waals surface area contributed by atoms with Gasteiger partial charge in [-0.05, 0) is 11.5 Å². The number of nitrogens with zero attached hydrogens (tertiary/aromatic N) is 1. The maximum Gasteiger partial charge on any atom is 0.341 e. The molecule has 0 bridgehead atoms. The van der Waals surface area contributed by atoms with Crippen LogP contribution in [0.15, 0.2) is 30.3 Å². The number of rotatable bonds is 4. The van der Waals surface area contributed by atoms with Crippen molar-refractivity contribution in [3.8, 4) is 6.07 Å². The lowest BCUT2D eigenvalue weighted by Crippen LogP contribution is -2.52. The first-order chi connectivity index (χ1) is 8.00. The average molecular weight is 232 g/mol. The second kappa shape index (κ2) is 5.46. The molecule has 0 aromatic heterocycles. The third-order valence-corrected chi connectivity index (χ3v) is 2.65. The summed E-state index contributed by atoms with van der Waals surface area (Å²) in [6, 6.07) is 11.1. The van der Waals surface area contributed by atoms with Crippen molar-refractivity contribution >= 4 is 5.97 Å². The minimum Gasteiger partial charge on any atom is -0.459 e. The molecule has 0 radical (unpaired) electrons. The highest BCUT2D eigenvalue weighted by Crippen LogP contribution is 2.15. The lowest BCUT2D eigenvalue weighted by Gasteiger charge is -2.23. The molecule has 1 rings (SSSR count). The fourth-order valence-electron chi connectivity index (χ4n) is 1.25. The first-order valence-corrected chi connectivity index (χ1v) is 5.42. The number of carbonyl (C=O) groups is 1. The van der Waals surface area contributed by atoms with Crippen LogP contribution in [0.2, 0.25) is 0 Å². The van der Waals surface area contributed by atoms with Crippen molar-refractivity contribution in [3.05, 3.63) is 35.9 Å². The van der Waals surface area contributed by atoms with Gasteiger partial charge in [0.15, 0.2) is 0 Å². The van der Waals surface area contributed by atoms with Gasteiger partial charge in [0.1, 0.15) is 6.61 Å². The smallest absolute Gasteiger partial charge is 0.341 e. The maximum atomic E-state index is 11.7. The molecule has 0 fully saturated rings. The van der Waals surface area contributed by atoms with Gasteiger partial charge in [-0.15, -0.1) is 0 Å². The quantitative estimate of drug-likeness (QED) is 0.800. The van der Waals surface area contributed by atoms with Gasteiger partial charge >= 0.3 is 5.97 Å². The van der Waals surface area contributed by atoms with E-state index in [4.69, 9.17) is 15.7 Å². The lowest BCUT2D eigenvalue weighted by atomic mass is 9.89. The van der Waals surface area contributed by atoms with Crippen molar-refractivity contribution < 1.29 is 9.53 Å². The Morgan fingerprint density at radius 1 is 1.47 bits per heavy atom. The SMILES string of the molecule is CC(C)[C@](N)(C#N)C(=O)OCc1ccccc1. The summed E-state index contributed by atoms with van der Waals surface area (Å²) in [6.07, 6.45) is 0.